The van der Waals surface area contributed by atoms with Crippen LogP contribution >= 0.6 is 0 Å². The molecule has 6 rings (SSSR count). The van der Waals surface area contributed by atoms with Gasteiger partial charge in [-0.2, -0.15) is 5.10 Å². The fourth-order valence-electron chi connectivity index (χ4n) is 6.16. The Kier molecular flexibility index (Phi) is 6.60. The average molecular weight is 548 g/mol. The molecule has 0 aliphatic heterocycles. The molecule has 40 heavy (non-hydrogen) atoms. The zero-order valence-corrected chi connectivity index (χ0v) is 23.7. The van der Waals surface area contributed by atoms with Crippen molar-refractivity contribution in [2.45, 2.75) is 90.7 Å². The quantitative estimate of drug-likeness (QED) is 0.306. The topological polar surface area (TPSA) is 104 Å². The van der Waals surface area contributed by atoms with Gasteiger partial charge >= 0.3 is 6.09 Å². The molecule has 2 heterocycles. The number of anilines is 1. The first kappa shape index (κ1) is 27.6. The van der Waals surface area contributed by atoms with Crippen molar-refractivity contribution in [2.24, 2.45) is 5.41 Å². The molecular formula is C30H34FN5O4. The van der Waals surface area contributed by atoms with Gasteiger partial charge in [0.15, 0.2) is 0 Å². The number of carbonyl (C=O) groups excluding carboxylic acids is 2. The van der Waals surface area contributed by atoms with Crippen LogP contribution in [0.25, 0.3) is 16.1 Å². The van der Waals surface area contributed by atoms with Crippen LogP contribution < -0.4 is 5.32 Å². The van der Waals surface area contributed by atoms with Gasteiger partial charge in [0.25, 0.3) is 5.69 Å². The van der Waals surface area contributed by atoms with Crippen LogP contribution in [-0.2, 0) is 27.8 Å². The van der Waals surface area contributed by atoms with Crippen LogP contribution in [0, 0.1) is 17.8 Å². The molecule has 10 heteroatoms. The molecule has 3 aliphatic rings. The van der Waals surface area contributed by atoms with Gasteiger partial charge in [-0.25, -0.2) is 14.0 Å². The van der Waals surface area contributed by atoms with Gasteiger partial charge < -0.3 is 9.26 Å². The van der Waals surface area contributed by atoms with E-state index in [1.54, 1.807) is 26.8 Å². The highest BCUT2D eigenvalue weighted by atomic mass is 19.1. The lowest BCUT2D eigenvalue weighted by Gasteiger charge is -2.68. The molecule has 0 spiro atoms. The molecule has 3 aromatic rings. The van der Waals surface area contributed by atoms with Gasteiger partial charge in [-0.15, -0.1) is 0 Å². The summed E-state index contributed by atoms with van der Waals surface area (Å²) in [6.45, 7) is 18.9. The smallest absolute Gasteiger partial charge is 0.412 e. The molecule has 210 valence electrons. The molecule has 1 N–H and O–H groups in total. The first-order chi connectivity index (χ1) is 18.7. The highest BCUT2D eigenvalue weighted by Crippen LogP contribution is 2.73. The third kappa shape index (κ3) is 5.12. The zero-order valence-electron chi connectivity index (χ0n) is 23.7. The predicted molar refractivity (Wildman–Crippen MR) is 147 cm³/mol. The summed E-state index contributed by atoms with van der Waals surface area (Å²) in [7, 11) is 0. The summed E-state index contributed by atoms with van der Waals surface area (Å²) in [5.74, 6) is -0.0779. The standard InChI is InChI=1S/C30H34FN5O4/c1-17(2)36-26(33-27(38)39-28(3,4)5)25(32-7)24(34-36)21-9-8-18(11-22(21)31)10-19(37)12-20-13-23(35-40-20)30-14-29(6,15-30)16-30/h8-9,11,13,17H,10,12,14-16H2,1-6H3,(H,33,38). The van der Waals surface area contributed by atoms with Crippen molar-refractivity contribution in [3.05, 3.63) is 58.5 Å². The van der Waals surface area contributed by atoms with Crippen LogP contribution in [0.2, 0.25) is 0 Å². The molecule has 3 aliphatic carbocycles. The van der Waals surface area contributed by atoms with Crippen molar-refractivity contribution in [1.82, 2.24) is 14.9 Å². The Bertz CT molecular complexity index is 1520. The fraction of sp³-hybridized carbons (Fsp3) is 0.500. The highest BCUT2D eigenvalue weighted by molar-refractivity contribution is 5.93. The number of rotatable bonds is 8. The number of nitrogens with zero attached hydrogens (tertiary/aromatic N) is 4. The maximum Gasteiger partial charge on any atom is 0.412 e. The Labute approximate surface area is 232 Å². The largest absolute Gasteiger partial charge is 0.444 e. The van der Waals surface area contributed by atoms with Gasteiger partial charge in [-0.3, -0.25) is 14.8 Å². The maximum absolute atomic E-state index is 15.4. The lowest BCUT2D eigenvalue weighted by Crippen LogP contribution is -2.63. The number of carbonyl (C=O) groups is 2. The van der Waals surface area contributed by atoms with Gasteiger partial charge in [0, 0.05) is 29.5 Å². The SMILES string of the molecule is [C-]#[N+]c1c(-c2ccc(CC(=O)Cc3cc(C45CC(C)(C4)C5)no3)cc2F)nn(C(C)C)c1NC(=O)OC(C)(C)C. The molecule has 1 amide bonds. The number of halogens is 1. The van der Waals surface area contributed by atoms with Crippen molar-refractivity contribution in [3.63, 3.8) is 0 Å². The van der Waals surface area contributed by atoms with Crippen molar-refractivity contribution >= 4 is 23.4 Å². The van der Waals surface area contributed by atoms with E-state index in [9.17, 15) is 9.59 Å². The Morgan fingerprint density at radius 3 is 2.50 bits per heavy atom. The Morgan fingerprint density at radius 1 is 1.23 bits per heavy atom. The van der Waals surface area contributed by atoms with Crippen LogP contribution in [0.1, 0.15) is 83.9 Å². The fourth-order valence-corrected chi connectivity index (χ4v) is 6.16. The van der Waals surface area contributed by atoms with Crippen LogP contribution in [-0.4, -0.2) is 32.4 Å². The van der Waals surface area contributed by atoms with E-state index in [0.29, 0.717) is 16.7 Å². The van der Waals surface area contributed by atoms with Crippen molar-refractivity contribution in [2.75, 3.05) is 5.32 Å². The van der Waals surface area contributed by atoms with E-state index in [1.165, 1.54) is 16.8 Å². The van der Waals surface area contributed by atoms with Gasteiger partial charge in [-0.05, 0) is 70.9 Å². The molecule has 9 nitrogen and oxygen atoms in total. The first-order valence-corrected chi connectivity index (χ1v) is 13.5. The third-order valence-corrected chi connectivity index (χ3v) is 7.56. The van der Waals surface area contributed by atoms with E-state index in [4.69, 9.17) is 15.8 Å². The van der Waals surface area contributed by atoms with Gasteiger partial charge in [0.1, 0.15) is 34.5 Å². The zero-order chi connectivity index (χ0) is 29.0. The molecule has 0 unspecified atom stereocenters. The number of aromatic nitrogens is 3. The lowest BCUT2D eigenvalue weighted by atomic mass is 9.35. The van der Waals surface area contributed by atoms with Crippen LogP contribution in [0.4, 0.5) is 20.7 Å². The highest BCUT2D eigenvalue weighted by Gasteiger charge is 2.66. The number of nitrogens with one attached hydrogen (secondary N) is 1. The molecular weight excluding hydrogens is 513 g/mol. The minimum Gasteiger partial charge on any atom is -0.444 e. The molecule has 0 atom stereocenters. The normalized spacial score (nSPS) is 21.4. The Balaban J connectivity index is 1.31. The van der Waals surface area contributed by atoms with Crippen LogP contribution in [0.15, 0.2) is 28.8 Å². The van der Waals surface area contributed by atoms with Gasteiger partial charge in [-0.1, -0.05) is 24.2 Å². The number of hydrogen-bond acceptors (Lipinski definition) is 6. The maximum atomic E-state index is 15.4. The summed E-state index contributed by atoms with van der Waals surface area (Å²) >= 11 is 0. The molecule has 3 fully saturated rings. The number of benzene rings is 1. The summed E-state index contributed by atoms with van der Waals surface area (Å²) < 4.78 is 27.6. The number of ether oxygens (including phenoxy) is 1. The average Bonchev–Trinajstić information content (AvgIpc) is 3.39. The molecule has 1 aromatic carbocycles. The van der Waals surface area contributed by atoms with E-state index < -0.39 is 17.5 Å². The van der Waals surface area contributed by atoms with E-state index in [1.807, 2.05) is 19.9 Å². The molecule has 2 bridgehead atoms. The second-order valence-corrected chi connectivity index (χ2v) is 12.8. The Morgan fingerprint density at radius 2 is 1.93 bits per heavy atom. The predicted octanol–water partition coefficient (Wildman–Crippen LogP) is 6.95. The molecule has 0 saturated heterocycles. The lowest BCUT2D eigenvalue weighted by molar-refractivity contribution is -0.129. The summed E-state index contributed by atoms with van der Waals surface area (Å²) in [6, 6.07) is 6.10. The molecule has 3 saturated carbocycles. The van der Waals surface area contributed by atoms with Gasteiger partial charge in [0.05, 0.1) is 18.7 Å². The number of ketones is 1. The first-order valence-electron chi connectivity index (χ1n) is 13.5. The van der Waals surface area contributed by atoms with Crippen molar-refractivity contribution in [1.29, 1.82) is 0 Å². The summed E-state index contributed by atoms with van der Waals surface area (Å²) in [5.41, 5.74) is 1.48. The van der Waals surface area contributed by atoms with Crippen LogP contribution in [0.5, 0.6) is 0 Å². The second-order valence-electron chi connectivity index (χ2n) is 12.8. The van der Waals surface area contributed by atoms with E-state index in [2.05, 4.69) is 27.3 Å². The number of amides is 1. The summed E-state index contributed by atoms with van der Waals surface area (Å²) in [6.07, 6.45) is 2.73. The van der Waals surface area contributed by atoms with Crippen molar-refractivity contribution in [3.8, 4) is 11.3 Å². The summed E-state index contributed by atoms with van der Waals surface area (Å²) in [4.78, 5) is 28.8. The Hall–Kier alpha value is -4.00. The van der Waals surface area contributed by atoms with Gasteiger partial charge in [0.2, 0.25) is 0 Å². The van der Waals surface area contributed by atoms with E-state index >= 15 is 4.39 Å². The minimum atomic E-state index is -0.738. The number of hydrogen-bond donors (Lipinski definition) is 1. The summed E-state index contributed by atoms with van der Waals surface area (Å²) in [5, 5.41) is 11.3. The van der Waals surface area contributed by atoms with Crippen molar-refractivity contribution < 1.29 is 23.2 Å². The number of Topliss-reactive ketones (excluding diaryl/α,β-unsaturated/α-hetero) is 1. The molecule has 0 radical (unpaired) electrons. The molecule has 2 aromatic heterocycles. The second kappa shape index (κ2) is 9.58. The third-order valence-electron chi connectivity index (χ3n) is 7.56. The monoisotopic (exact) mass is 547 g/mol. The van der Waals surface area contributed by atoms with E-state index in [-0.39, 0.29) is 52.8 Å². The van der Waals surface area contributed by atoms with E-state index in [0.717, 1.165) is 25.0 Å². The minimum absolute atomic E-state index is 0.00103. The van der Waals surface area contributed by atoms with Crippen LogP contribution in [0.3, 0.4) is 0 Å².